The number of ether oxygens (including phenoxy) is 3. The number of carbonyl (C=O) groups excluding carboxylic acids is 2. The maximum absolute atomic E-state index is 12.5. The molecule has 158 valence electrons. The van der Waals surface area contributed by atoms with Gasteiger partial charge in [0.05, 0.1) is 77.4 Å². The van der Waals surface area contributed by atoms with Crippen LogP contribution in [0.2, 0.25) is 20.1 Å². The minimum Gasteiger partial charge on any atom is -0.379 e. The van der Waals surface area contributed by atoms with Gasteiger partial charge in [0.25, 0.3) is 11.8 Å². The third-order valence-electron chi connectivity index (χ3n) is 3.79. The second-order valence-electron chi connectivity index (χ2n) is 5.56. The predicted molar refractivity (Wildman–Crippen MR) is 108 cm³/mol. The molecule has 29 heavy (non-hydrogen) atoms. The van der Waals surface area contributed by atoms with Crippen molar-refractivity contribution in [3.05, 3.63) is 41.7 Å². The molecule has 0 aliphatic carbocycles. The van der Waals surface area contributed by atoms with E-state index in [2.05, 4.69) is 10.0 Å². The summed E-state index contributed by atoms with van der Waals surface area (Å²) in [6, 6.07) is 0. The summed E-state index contributed by atoms with van der Waals surface area (Å²) in [5.74, 6) is -1.21. The zero-order valence-corrected chi connectivity index (χ0v) is 18.0. The van der Waals surface area contributed by atoms with E-state index in [9.17, 15) is 9.59 Å². The highest BCUT2D eigenvalue weighted by Gasteiger charge is 2.41. The number of azide groups is 1. The summed E-state index contributed by atoms with van der Waals surface area (Å²) in [5.41, 5.74) is 7.99. The van der Waals surface area contributed by atoms with Crippen LogP contribution in [-0.4, -0.2) is 69.4 Å². The van der Waals surface area contributed by atoms with Crippen LogP contribution < -0.4 is 0 Å². The zero-order chi connectivity index (χ0) is 21.4. The SMILES string of the molecule is [N-]=[N+]=NCCOCCOCCOCCN1C(=O)c2c(Cl)c(Cl)c(Cl)c(Cl)c2C1=O. The first-order valence-electron chi connectivity index (χ1n) is 8.38. The van der Waals surface area contributed by atoms with Crippen molar-refractivity contribution in [2.24, 2.45) is 5.11 Å². The molecule has 0 saturated heterocycles. The Morgan fingerprint density at radius 1 is 0.759 bits per heavy atom. The molecule has 9 nitrogen and oxygen atoms in total. The topological polar surface area (TPSA) is 114 Å². The van der Waals surface area contributed by atoms with E-state index in [1.54, 1.807) is 0 Å². The molecular weight excluding hydrogens is 470 g/mol. The molecule has 1 aliphatic heterocycles. The summed E-state index contributed by atoms with van der Waals surface area (Å²) in [5, 5.41) is 2.97. The van der Waals surface area contributed by atoms with E-state index in [4.69, 9.17) is 66.1 Å². The van der Waals surface area contributed by atoms with E-state index in [1.165, 1.54) is 0 Å². The first-order chi connectivity index (χ1) is 13.9. The maximum atomic E-state index is 12.5. The molecule has 0 atom stereocenters. The first-order valence-corrected chi connectivity index (χ1v) is 9.89. The Bertz CT molecular complexity index is 785. The van der Waals surface area contributed by atoms with Crippen molar-refractivity contribution >= 4 is 58.2 Å². The summed E-state index contributed by atoms with van der Waals surface area (Å²) < 4.78 is 15.8. The van der Waals surface area contributed by atoms with Crippen LogP contribution in [0.4, 0.5) is 0 Å². The smallest absolute Gasteiger partial charge is 0.263 e. The predicted octanol–water partition coefficient (Wildman–Crippen LogP) is 4.26. The molecule has 1 aromatic carbocycles. The van der Waals surface area contributed by atoms with Crippen LogP contribution >= 0.6 is 46.4 Å². The van der Waals surface area contributed by atoms with E-state index >= 15 is 0 Å². The summed E-state index contributed by atoms with van der Waals surface area (Å²) in [6.45, 7) is 2.01. The molecule has 0 saturated carbocycles. The lowest BCUT2D eigenvalue weighted by molar-refractivity contribution is 0.0124. The number of hydrogen-bond donors (Lipinski definition) is 0. The van der Waals surface area contributed by atoms with Crippen molar-refractivity contribution in [2.45, 2.75) is 0 Å². The Morgan fingerprint density at radius 3 is 1.69 bits per heavy atom. The average Bonchev–Trinajstić information content (AvgIpc) is 2.96. The van der Waals surface area contributed by atoms with Crippen molar-refractivity contribution in [2.75, 3.05) is 52.7 Å². The van der Waals surface area contributed by atoms with Gasteiger partial charge in [-0.2, -0.15) is 0 Å². The van der Waals surface area contributed by atoms with Gasteiger partial charge in [-0.25, -0.2) is 0 Å². The van der Waals surface area contributed by atoms with Crippen LogP contribution in [0, 0.1) is 0 Å². The fourth-order valence-corrected chi connectivity index (χ4v) is 3.46. The summed E-state index contributed by atoms with van der Waals surface area (Å²) in [6.07, 6.45) is 0. The van der Waals surface area contributed by atoms with E-state index < -0.39 is 11.8 Å². The van der Waals surface area contributed by atoms with Gasteiger partial charge in [-0.1, -0.05) is 51.5 Å². The van der Waals surface area contributed by atoms with Crippen LogP contribution in [0.3, 0.4) is 0 Å². The van der Waals surface area contributed by atoms with Crippen LogP contribution in [0.25, 0.3) is 10.4 Å². The standard InChI is InChI=1S/C16H16Cl4N4O5/c17-11-9-10(12(18)14(20)13(11)19)16(26)24(15(9)25)2-4-28-6-8-29-7-5-27-3-1-22-23-21/h1-8H2. The largest absolute Gasteiger partial charge is 0.379 e. The molecular formula is C16H16Cl4N4O5. The van der Waals surface area contributed by atoms with Crippen molar-refractivity contribution < 1.29 is 23.8 Å². The number of benzene rings is 1. The molecule has 2 amide bonds. The van der Waals surface area contributed by atoms with E-state index in [0.717, 1.165) is 4.90 Å². The lowest BCUT2D eigenvalue weighted by Gasteiger charge is -2.14. The van der Waals surface area contributed by atoms with Crippen molar-refractivity contribution in [3.8, 4) is 0 Å². The van der Waals surface area contributed by atoms with E-state index in [1.807, 2.05) is 0 Å². The Hall–Kier alpha value is -1.29. The van der Waals surface area contributed by atoms with Gasteiger partial charge in [-0.3, -0.25) is 14.5 Å². The van der Waals surface area contributed by atoms with Gasteiger partial charge in [-0.05, 0) is 5.53 Å². The van der Waals surface area contributed by atoms with Crippen LogP contribution in [0.15, 0.2) is 5.11 Å². The van der Waals surface area contributed by atoms with Crippen molar-refractivity contribution in [1.82, 2.24) is 4.90 Å². The molecule has 0 fully saturated rings. The monoisotopic (exact) mass is 484 g/mol. The molecule has 13 heteroatoms. The maximum Gasteiger partial charge on any atom is 0.263 e. The second kappa shape index (κ2) is 11.8. The van der Waals surface area contributed by atoms with Crippen molar-refractivity contribution in [3.63, 3.8) is 0 Å². The van der Waals surface area contributed by atoms with Crippen LogP contribution in [0.5, 0.6) is 0 Å². The molecule has 0 bridgehead atoms. The summed E-state index contributed by atoms with van der Waals surface area (Å²) in [4.78, 5) is 28.6. The summed E-state index contributed by atoms with van der Waals surface area (Å²) in [7, 11) is 0. The zero-order valence-electron chi connectivity index (χ0n) is 15.0. The number of hydrogen-bond acceptors (Lipinski definition) is 6. The first kappa shape index (κ1) is 24.0. The number of carbonyl (C=O) groups is 2. The number of halogens is 4. The second-order valence-corrected chi connectivity index (χ2v) is 7.07. The fraction of sp³-hybridized carbons (Fsp3) is 0.500. The highest BCUT2D eigenvalue weighted by molar-refractivity contribution is 6.55. The van der Waals surface area contributed by atoms with Crippen LogP contribution in [0.1, 0.15) is 20.7 Å². The lowest BCUT2D eigenvalue weighted by atomic mass is 10.1. The van der Waals surface area contributed by atoms with E-state index in [0.29, 0.717) is 26.4 Å². The number of fused-ring (bicyclic) bond motifs is 1. The number of imide groups is 1. The van der Waals surface area contributed by atoms with Gasteiger partial charge < -0.3 is 14.2 Å². The van der Waals surface area contributed by atoms with Gasteiger partial charge >= 0.3 is 0 Å². The number of rotatable bonds is 12. The minimum atomic E-state index is -0.604. The van der Waals surface area contributed by atoms with Gasteiger partial charge in [0.15, 0.2) is 0 Å². The third kappa shape index (κ3) is 5.87. The van der Waals surface area contributed by atoms with Gasteiger partial charge in [0.1, 0.15) is 0 Å². The lowest BCUT2D eigenvalue weighted by Crippen LogP contribution is -2.33. The third-order valence-corrected chi connectivity index (χ3v) is 5.59. The Morgan fingerprint density at radius 2 is 1.21 bits per heavy atom. The van der Waals surface area contributed by atoms with Gasteiger partial charge in [0.2, 0.25) is 0 Å². The molecule has 0 aromatic heterocycles. The number of nitrogens with zero attached hydrogens (tertiary/aromatic N) is 4. The molecule has 0 radical (unpaired) electrons. The fourth-order valence-electron chi connectivity index (χ4n) is 2.45. The number of amides is 2. The van der Waals surface area contributed by atoms with Gasteiger partial charge in [0, 0.05) is 11.5 Å². The van der Waals surface area contributed by atoms with E-state index in [-0.39, 0.29) is 57.5 Å². The van der Waals surface area contributed by atoms with Gasteiger partial charge in [-0.15, -0.1) is 0 Å². The highest BCUT2D eigenvalue weighted by Crippen LogP contribution is 2.44. The highest BCUT2D eigenvalue weighted by atomic mass is 35.5. The molecule has 0 N–H and O–H groups in total. The molecule has 1 aliphatic rings. The normalized spacial score (nSPS) is 13.0. The van der Waals surface area contributed by atoms with Crippen LogP contribution in [-0.2, 0) is 14.2 Å². The average molecular weight is 486 g/mol. The Labute approximate surface area is 186 Å². The molecule has 1 aromatic rings. The molecule has 0 spiro atoms. The molecule has 1 heterocycles. The quantitative estimate of drug-likeness (QED) is 0.0834. The Balaban J connectivity index is 1.71. The minimum absolute atomic E-state index is 0.0107. The van der Waals surface area contributed by atoms with Crippen molar-refractivity contribution in [1.29, 1.82) is 0 Å². The molecule has 2 rings (SSSR count). The Kier molecular flexibility index (Phi) is 9.74. The summed E-state index contributed by atoms with van der Waals surface area (Å²) >= 11 is 24.1. The molecule has 0 unspecified atom stereocenters.